The number of pyridine rings is 1. The molecule has 0 atom stereocenters. The number of hydrogen-bond donors (Lipinski definition) is 2. The van der Waals surface area contributed by atoms with E-state index in [2.05, 4.69) is 10.3 Å². The van der Waals surface area contributed by atoms with Crippen LogP contribution in [0.5, 0.6) is 0 Å². The number of nitrogens with zero attached hydrogens (tertiary/aromatic N) is 2. The van der Waals surface area contributed by atoms with Crippen molar-refractivity contribution >= 4 is 28.2 Å². The molecule has 1 heterocycles. The first-order valence-corrected chi connectivity index (χ1v) is 6.66. The maximum absolute atomic E-state index is 11.9. The number of likely N-dealkylation sites (N-methyl/N-ethyl adjacent to an activating group) is 1. The fourth-order valence-corrected chi connectivity index (χ4v) is 2.00. The number of carbonyl (C=O) groups is 1. The summed E-state index contributed by atoms with van der Waals surface area (Å²) < 4.78 is 0. The number of fused-ring (bicyclic) bond motifs is 1. The van der Waals surface area contributed by atoms with Crippen LogP contribution >= 0.6 is 0 Å². The molecular weight excluding hydrogens is 252 g/mol. The third-order valence-corrected chi connectivity index (χ3v) is 3.29. The molecule has 0 aliphatic heterocycles. The van der Waals surface area contributed by atoms with Crippen molar-refractivity contribution in [3.63, 3.8) is 0 Å². The molecule has 20 heavy (non-hydrogen) atoms. The van der Waals surface area contributed by atoms with Crippen molar-refractivity contribution in [2.24, 2.45) is 0 Å². The van der Waals surface area contributed by atoms with Crippen molar-refractivity contribution in [3.05, 3.63) is 30.0 Å². The Morgan fingerprint density at radius 3 is 2.85 bits per heavy atom. The smallest absolute Gasteiger partial charge is 0.241 e. The summed E-state index contributed by atoms with van der Waals surface area (Å²) in [5, 5.41) is 4.12. The van der Waals surface area contributed by atoms with Crippen LogP contribution in [0.2, 0.25) is 0 Å². The number of rotatable bonds is 4. The Kier molecular flexibility index (Phi) is 4.08. The highest BCUT2D eigenvalue weighted by atomic mass is 16.2. The Bertz CT molecular complexity index is 639. The third kappa shape index (κ3) is 2.99. The van der Waals surface area contributed by atoms with Gasteiger partial charge in [0.1, 0.15) is 0 Å². The number of anilines is 2. The molecule has 106 valence electrons. The highest BCUT2D eigenvalue weighted by molar-refractivity contribution is 5.94. The average molecular weight is 272 g/mol. The summed E-state index contributed by atoms with van der Waals surface area (Å²) >= 11 is 0. The van der Waals surface area contributed by atoms with Gasteiger partial charge in [-0.1, -0.05) is 0 Å². The number of benzene rings is 1. The van der Waals surface area contributed by atoms with Gasteiger partial charge < -0.3 is 16.0 Å². The summed E-state index contributed by atoms with van der Waals surface area (Å²) in [4.78, 5) is 18.0. The molecule has 0 saturated carbocycles. The first-order valence-electron chi connectivity index (χ1n) is 6.66. The van der Waals surface area contributed by atoms with Gasteiger partial charge in [-0.15, -0.1) is 0 Å². The largest absolute Gasteiger partial charge is 0.399 e. The van der Waals surface area contributed by atoms with Gasteiger partial charge in [-0.3, -0.25) is 9.78 Å². The highest BCUT2D eigenvalue weighted by Crippen LogP contribution is 2.25. The summed E-state index contributed by atoms with van der Waals surface area (Å²) in [5.41, 5.74) is 9.17. The summed E-state index contributed by atoms with van der Waals surface area (Å²) in [5.74, 6) is 0.0546. The number of amides is 1. The molecule has 3 N–H and O–H groups in total. The predicted octanol–water partition coefficient (Wildman–Crippen LogP) is 2.02. The van der Waals surface area contributed by atoms with Gasteiger partial charge in [-0.05, 0) is 38.1 Å². The maximum Gasteiger partial charge on any atom is 0.241 e. The minimum absolute atomic E-state index is 0.0546. The van der Waals surface area contributed by atoms with Gasteiger partial charge in [0.05, 0.1) is 12.1 Å². The van der Waals surface area contributed by atoms with Crippen LogP contribution in [-0.2, 0) is 4.79 Å². The molecule has 1 amide bonds. The number of aryl methyl sites for hydroxylation is 1. The van der Waals surface area contributed by atoms with Crippen LogP contribution in [0.3, 0.4) is 0 Å². The predicted molar refractivity (Wildman–Crippen MR) is 82.7 cm³/mol. The molecule has 0 aliphatic rings. The van der Waals surface area contributed by atoms with Crippen LogP contribution in [0.15, 0.2) is 24.3 Å². The van der Waals surface area contributed by atoms with E-state index in [1.165, 1.54) is 0 Å². The fourth-order valence-electron chi connectivity index (χ4n) is 2.00. The molecule has 1 aromatic carbocycles. The number of aromatic nitrogens is 1. The Balaban J connectivity index is 2.29. The molecule has 0 spiro atoms. The molecule has 0 fully saturated rings. The average Bonchev–Trinajstić information content (AvgIpc) is 2.44. The van der Waals surface area contributed by atoms with Gasteiger partial charge in [0.15, 0.2) is 0 Å². The van der Waals surface area contributed by atoms with E-state index in [0.29, 0.717) is 12.2 Å². The Morgan fingerprint density at radius 2 is 2.15 bits per heavy atom. The van der Waals surface area contributed by atoms with Gasteiger partial charge in [-0.25, -0.2) is 0 Å². The van der Waals surface area contributed by atoms with Crippen molar-refractivity contribution in [3.8, 4) is 0 Å². The Hall–Kier alpha value is -2.30. The number of hydrogen-bond acceptors (Lipinski definition) is 4. The second-order valence-corrected chi connectivity index (χ2v) is 4.85. The summed E-state index contributed by atoms with van der Waals surface area (Å²) in [6.45, 7) is 4.84. The standard InChI is InChI=1S/C15H20N4O/c1-4-19(3)15(20)9-17-14-7-10(2)18-13-6-5-11(16)8-12(13)14/h5-8H,4,9,16H2,1-3H3,(H,17,18). The van der Waals surface area contributed by atoms with Gasteiger partial charge in [-0.2, -0.15) is 0 Å². The molecule has 1 aromatic heterocycles. The number of carbonyl (C=O) groups excluding carboxylic acids is 1. The SMILES string of the molecule is CCN(C)C(=O)CNc1cc(C)nc2ccc(N)cc12. The second kappa shape index (κ2) is 5.77. The quantitative estimate of drug-likeness (QED) is 0.835. The molecule has 5 nitrogen and oxygen atoms in total. The zero-order valence-corrected chi connectivity index (χ0v) is 12.1. The van der Waals surface area contributed by atoms with Crippen LogP contribution in [-0.4, -0.2) is 35.9 Å². The second-order valence-electron chi connectivity index (χ2n) is 4.85. The molecular formula is C15H20N4O. The van der Waals surface area contributed by atoms with Gasteiger partial charge >= 0.3 is 0 Å². The maximum atomic E-state index is 11.9. The number of nitrogen functional groups attached to an aromatic ring is 1. The lowest BCUT2D eigenvalue weighted by molar-refractivity contribution is -0.127. The zero-order chi connectivity index (χ0) is 14.7. The molecule has 0 bridgehead atoms. The van der Waals surface area contributed by atoms with Crippen LogP contribution < -0.4 is 11.1 Å². The number of nitrogens with one attached hydrogen (secondary N) is 1. The minimum Gasteiger partial charge on any atom is -0.399 e. The lowest BCUT2D eigenvalue weighted by Crippen LogP contribution is -2.31. The minimum atomic E-state index is 0.0546. The van der Waals surface area contributed by atoms with Gasteiger partial charge in [0.2, 0.25) is 5.91 Å². The number of nitrogens with two attached hydrogens (primary N) is 1. The molecule has 2 aromatic rings. The highest BCUT2D eigenvalue weighted by Gasteiger charge is 2.09. The van der Waals surface area contributed by atoms with E-state index in [1.54, 1.807) is 11.9 Å². The van der Waals surface area contributed by atoms with Crippen molar-refractivity contribution in [2.45, 2.75) is 13.8 Å². The van der Waals surface area contributed by atoms with Gasteiger partial charge in [0.25, 0.3) is 0 Å². The molecule has 0 saturated heterocycles. The molecule has 2 rings (SSSR count). The van der Waals surface area contributed by atoms with Crippen molar-refractivity contribution in [1.29, 1.82) is 0 Å². The van der Waals surface area contributed by atoms with Gasteiger partial charge in [0, 0.05) is 36.0 Å². The van der Waals surface area contributed by atoms with Crippen molar-refractivity contribution in [2.75, 3.05) is 31.2 Å². The van der Waals surface area contributed by atoms with E-state index in [4.69, 9.17) is 5.73 Å². The zero-order valence-electron chi connectivity index (χ0n) is 12.1. The van der Waals surface area contributed by atoms with E-state index >= 15 is 0 Å². The van der Waals surface area contributed by atoms with Crippen LogP contribution in [0.25, 0.3) is 10.9 Å². The van der Waals surface area contributed by atoms with E-state index in [-0.39, 0.29) is 12.5 Å². The fraction of sp³-hybridized carbons (Fsp3) is 0.333. The lowest BCUT2D eigenvalue weighted by Gasteiger charge is -2.16. The van der Waals surface area contributed by atoms with Crippen LogP contribution in [0, 0.1) is 6.92 Å². The molecule has 5 heteroatoms. The van der Waals surface area contributed by atoms with Crippen molar-refractivity contribution < 1.29 is 4.79 Å². The molecule has 0 radical (unpaired) electrons. The van der Waals surface area contributed by atoms with Crippen LogP contribution in [0.1, 0.15) is 12.6 Å². The van der Waals surface area contributed by atoms with Crippen molar-refractivity contribution in [1.82, 2.24) is 9.88 Å². The van der Waals surface area contributed by atoms with E-state index in [1.807, 2.05) is 38.1 Å². The summed E-state index contributed by atoms with van der Waals surface area (Å²) in [7, 11) is 1.79. The monoisotopic (exact) mass is 272 g/mol. The molecule has 0 unspecified atom stereocenters. The Labute approximate surface area is 118 Å². The topological polar surface area (TPSA) is 71.2 Å². The molecule has 0 aliphatic carbocycles. The third-order valence-electron chi connectivity index (χ3n) is 3.29. The van der Waals surface area contributed by atoms with E-state index in [9.17, 15) is 4.79 Å². The van der Waals surface area contributed by atoms with E-state index in [0.717, 1.165) is 22.3 Å². The first-order chi connectivity index (χ1) is 9.51. The normalized spacial score (nSPS) is 10.6. The van der Waals surface area contributed by atoms with Crippen LogP contribution in [0.4, 0.5) is 11.4 Å². The lowest BCUT2D eigenvalue weighted by atomic mass is 10.1. The summed E-state index contributed by atoms with van der Waals surface area (Å²) in [6, 6.07) is 7.52. The summed E-state index contributed by atoms with van der Waals surface area (Å²) in [6.07, 6.45) is 0. The Morgan fingerprint density at radius 1 is 1.40 bits per heavy atom. The first kappa shape index (κ1) is 14.1. The van der Waals surface area contributed by atoms with E-state index < -0.39 is 0 Å².